The Kier molecular flexibility index (Phi) is 2.85. The van der Waals surface area contributed by atoms with Gasteiger partial charge < -0.3 is 9.67 Å². The van der Waals surface area contributed by atoms with Crippen LogP contribution in [0.25, 0.3) is 11.2 Å². The van der Waals surface area contributed by atoms with Crippen molar-refractivity contribution in [2.75, 3.05) is 0 Å². The van der Waals surface area contributed by atoms with E-state index in [4.69, 9.17) is 5.11 Å². The second-order valence-electron chi connectivity index (χ2n) is 3.79. The fourth-order valence-corrected chi connectivity index (χ4v) is 1.46. The van der Waals surface area contributed by atoms with Gasteiger partial charge in [-0.3, -0.25) is 9.36 Å². The third-order valence-corrected chi connectivity index (χ3v) is 2.44. The molecule has 98 valence electrons. The van der Waals surface area contributed by atoms with Gasteiger partial charge in [-0.15, -0.1) is 0 Å². The van der Waals surface area contributed by atoms with Gasteiger partial charge in [0.05, 0.1) is 12.9 Å². The highest BCUT2D eigenvalue weighted by molar-refractivity contribution is 5.68. The highest BCUT2D eigenvalue weighted by atomic mass is 19.4. The van der Waals surface area contributed by atoms with E-state index in [1.165, 1.54) is 10.9 Å². The van der Waals surface area contributed by atoms with Crippen molar-refractivity contribution >= 4 is 11.2 Å². The van der Waals surface area contributed by atoms with E-state index >= 15 is 0 Å². The summed E-state index contributed by atoms with van der Waals surface area (Å²) < 4.78 is 38.7. The number of halogens is 3. The average Bonchev–Trinajstić information content (AvgIpc) is 2.64. The predicted molar refractivity (Wildman–Crippen MR) is 54.8 cm³/mol. The van der Waals surface area contributed by atoms with E-state index < -0.39 is 24.4 Å². The first-order valence-electron chi connectivity index (χ1n) is 4.92. The zero-order chi connectivity index (χ0) is 13.5. The van der Waals surface area contributed by atoms with Crippen molar-refractivity contribution in [3.05, 3.63) is 23.0 Å². The lowest BCUT2D eigenvalue weighted by atomic mass is 10.3. The number of aromatic nitrogens is 4. The Balaban J connectivity index is 2.41. The zero-order valence-corrected chi connectivity index (χ0v) is 9.22. The molecule has 0 saturated heterocycles. The molecule has 18 heavy (non-hydrogen) atoms. The molecule has 1 unspecified atom stereocenters. The molecular formula is C9H9F3N4O2. The van der Waals surface area contributed by atoms with E-state index in [0.29, 0.717) is 4.57 Å². The summed E-state index contributed by atoms with van der Waals surface area (Å²) in [6.07, 6.45) is -5.10. The standard InChI is InChI=1S/C9H9F3N4O2/c1-15-3-13-6-7(15)14-4-16(8(6)18)2-5(17)9(10,11)12/h3-5,17H,2H2,1H3. The number of imidazole rings is 1. The number of hydrogen-bond acceptors (Lipinski definition) is 4. The largest absolute Gasteiger partial charge is 0.416 e. The second kappa shape index (κ2) is 4.09. The second-order valence-corrected chi connectivity index (χ2v) is 3.79. The van der Waals surface area contributed by atoms with Crippen LogP contribution in [0.3, 0.4) is 0 Å². The highest BCUT2D eigenvalue weighted by Crippen LogP contribution is 2.20. The normalized spacial score (nSPS) is 14.1. The Labute approximate surface area is 98.3 Å². The summed E-state index contributed by atoms with van der Waals surface area (Å²) in [6, 6.07) is 0. The predicted octanol–water partition coefficient (Wildman–Crippen LogP) is 0.0532. The molecule has 0 aliphatic carbocycles. The first kappa shape index (κ1) is 12.6. The SMILES string of the molecule is Cn1cnc2c(=O)n(CC(O)C(F)(F)F)cnc21. The molecule has 0 aromatic carbocycles. The lowest BCUT2D eigenvalue weighted by molar-refractivity contribution is -0.207. The number of fused-ring (bicyclic) bond motifs is 1. The molecule has 6 nitrogen and oxygen atoms in total. The minimum Gasteiger partial charge on any atom is -0.382 e. The van der Waals surface area contributed by atoms with Crippen molar-refractivity contribution in [1.82, 2.24) is 19.1 Å². The summed E-state index contributed by atoms with van der Waals surface area (Å²) in [5, 5.41) is 8.90. The molecule has 2 aromatic rings. The van der Waals surface area contributed by atoms with E-state index in [1.807, 2.05) is 0 Å². The summed E-state index contributed by atoms with van der Waals surface area (Å²) in [4.78, 5) is 19.3. The van der Waals surface area contributed by atoms with Gasteiger partial charge in [-0.05, 0) is 0 Å². The molecule has 0 bridgehead atoms. The molecule has 0 radical (unpaired) electrons. The van der Waals surface area contributed by atoms with Crippen LogP contribution in [0.5, 0.6) is 0 Å². The van der Waals surface area contributed by atoms with Crippen LogP contribution in [-0.4, -0.2) is 36.5 Å². The van der Waals surface area contributed by atoms with Crippen molar-refractivity contribution in [2.45, 2.75) is 18.8 Å². The molecule has 1 atom stereocenters. The minimum atomic E-state index is -4.78. The van der Waals surface area contributed by atoms with Crippen molar-refractivity contribution in [3.63, 3.8) is 0 Å². The third-order valence-electron chi connectivity index (χ3n) is 2.44. The molecular weight excluding hydrogens is 253 g/mol. The van der Waals surface area contributed by atoms with Gasteiger partial charge in [0.2, 0.25) is 0 Å². The van der Waals surface area contributed by atoms with E-state index in [9.17, 15) is 18.0 Å². The fourth-order valence-electron chi connectivity index (χ4n) is 1.46. The summed E-state index contributed by atoms with van der Waals surface area (Å²) in [6.45, 7) is -0.901. The highest BCUT2D eigenvalue weighted by Gasteiger charge is 2.38. The van der Waals surface area contributed by atoms with E-state index in [0.717, 1.165) is 6.33 Å². The van der Waals surface area contributed by atoms with Gasteiger partial charge in [-0.2, -0.15) is 13.2 Å². The summed E-state index contributed by atoms with van der Waals surface area (Å²) in [5.41, 5.74) is -0.476. The number of rotatable bonds is 2. The van der Waals surface area contributed by atoms with Crippen LogP contribution in [0.4, 0.5) is 13.2 Å². The van der Waals surface area contributed by atoms with Gasteiger partial charge in [0, 0.05) is 7.05 Å². The van der Waals surface area contributed by atoms with Gasteiger partial charge in [-0.25, -0.2) is 9.97 Å². The minimum absolute atomic E-state index is 0.0330. The maximum atomic E-state index is 12.2. The number of aryl methyl sites for hydroxylation is 1. The fraction of sp³-hybridized carbons (Fsp3) is 0.444. The molecule has 2 aromatic heterocycles. The summed E-state index contributed by atoms with van der Waals surface area (Å²) in [5.74, 6) is 0. The Morgan fingerprint density at radius 1 is 1.39 bits per heavy atom. The number of aliphatic hydroxyl groups excluding tert-OH is 1. The van der Waals surface area contributed by atoms with E-state index in [2.05, 4.69) is 9.97 Å². The third kappa shape index (κ3) is 2.08. The zero-order valence-electron chi connectivity index (χ0n) is 9.22. The average molecular weight is 262 g/mol. The molecule has 2 rings (SSSR count). The lowest BCUT2D eigenvalue weighted by Crippen LogP contribution is -2.36. The molecule has 0 spiro atoms. The van der Waals surface area contributed by atoms with Crippen molar-refractivity contribution in [1.29, 1.82) is 0 Å². The monoisotopic (exact) mass is 262 g/mol. The number of hydrogen-bond donors (Lipinski definition) is 1. The van der Waals surface area contributed by atoms with Gasteiger partial charge in [0.25, 0.3) is 5.56 Å². The van der Waals surface area contributed by atoms with Crippen molar-refractivity contribution < 1.29 is 18.3 Å². The number of nitrogens with zero attached hydrogens (tertiary/aromatic N) is 4. The van der Waals surface area contributed by atoms with Crippen LogP contribution in [0, 0.1) is 0 Å². The van der Waals surface area contributed by atoms with Crippen LogP contribution >= 0.6 is 0 Å². The summed E-state index contributed by atoms with van der Waals surface area (Å²) >= 11 is 0. The maximum absolute atomic E-state index is 12.2. The van der Waals surface area contributed by atoms with Gasteiger partial charge in [0.15, 0.2) is 17.3 Å². The molecule has 0 amide bonds. The molecule has 0 aliphatic rings. The smallest absolute Gasteiger partial charge is 0.382 e. The van der Waals surface area contributed by atoms with Crippen molar-refractivity contribution in [3.8, 4) is 0 Å². The van der Waals surface area contributed by atoms with Gasteiger partial charge in [-0.1, -0.05) is 0 Å². The Bertz CT molecular complexity index is 631. The lowest BCUT2D eigenvalue weighted by Gasteiger charge is -2.15. The Hall–Kier alpha value is -1.90. The molecule has 9 heteroatoms. The van der Waals surface area contributed by atoms with Crippen LogP contribution in [0.15, 0.2) is 17.4 Å². The first-order chi connectivity index (χ1) is 8.30. The van der Waals surface area contributed by atoms with Gasteiger partial charge in [0.1, 0.15) is 6.33 Å². The van der Waals surface area contributed by atoms with Crippen LogP contribution in [-0.2, 0) is 13.6 Å². The molecule has 2 heterocycles. The first-order valence-corrected chi connectivity index (χ1v) is 4.92. The van der Waals surface area contributed by atoms with E-state index in [-0.39, 0.29) is 11.2 Å². The molecule has 0 aliphatic heterocycles. The maximum Gasteiger partial charge on any atom is 0.416 e. The molecule has 0 fully saturated rings. The summed E-state index contributed by atoms with van der Waals surface area (Å²) in [7, 11) is 1.61. The van der Waals surface area contributed by atoms with Crippen molar-refractivity contribution in [2.24, 2.45) is 7.05 Å². The Morgan fingerprint density at radius 3 is 2.67 bits per heavy atom. The molecule has 0 saturated carbocycles. The number of aliphatic hydroxyl groups is 1. The van der Waals surface area contributed by atoms with Gasteiger partial charge >= 0.3 is 6.18 Å². The van der Waals surface area contributed by atoms with Crippen LogP contribution in [0.2, 0.25) is 0 Å². The van der Waals surface area contributed by atoms with Crippen LogP contribution in [0.1, 0.15) is 0 Å². The number of alkyl halides is 3. The quantitative estimate of drug-likeness (QED) is 0.830. The van der Waals surface area contributed by atoms with Crippen LogP contribution < -0.4 is 5.56 Å². The topological polar surface area (TPSA) is 72.9 Å². The Morgan fingerprint density at radius 2 is 2.06 bits per heavy atom. The van der Waals surface area contributed by atoms with E-state index in [1.54, 1.807) is 7.05 Å². The molecule has 1 N–H and O–H groups in total.